The molecule has 2 N–H and O–H groups in total. The predicted molar refractivity (Wildman–Crippen MR) is 106 cm³/mol. The molecule has 0 bridgehead atoms. The topological polar surface area (TPSA) is 66.0 Å². The Labute approximate surface area is 159 Å². The molecule has 0 aromatic rings. The highest BCUT2D eigenvalue weighted by molar-refractivity contribution is 5.81. The molecule has 0 aliphatic carbocycles. The van der Waals surface area contributed by atoms with Crippen molar-refractivity contribution in [3.05, 3.63) is 0 Å². The number of likely N-dealkylation sites (tertiary alicyclic amines) is 1. The molecule has 0 aromatic carbocycles. The van der Waals surface area contributed by atoms with Crippen LogP contribution in [0.25, 0.3) is 0 Å². The molecule has 0 aromatic heterocycles. The summed E-state index contributed by atoms with van der Waals surface area (Å²) in [6.45, 7) is 13.7. The molecule has 2 aliphatic heterocycles. The molecule has 2 atom stereocenters. The summed E-state index contributed by atoms with van der Waals surface area (Å²) in [6, 6.07) is 0. The Bertz CT molecular complexity index is 467. The van der Waals surface area contributed by atoms with Gasteiger partial charge in [0.15, 0.2) is 5.96 Å². The van der Waals surface area contributed by atoms with E-state index in [4.69, 9.17) is 9.73 Å². The lowest BCUT2D eigenvalue weighted by Crippen LogP contribution is -2.43. The number of carbonyl (C=O) groups is 1. The average molecular weight is 367 g/mol. The fraction of sp³-hybridized carbons (Fsp3) is 0.900. The van der Waals surface area contributed by atoms with Crippen LogP contribution in [0.5, 0.6) is 0 Å². The van der Waals surface area contributed by atoms with Crippen LogP contribution >= 0.6 is 0 Å². The second-order valence-electron chi connectivity index (χ2n) is 8.54. The van der Waals surface area contributed by atoms with Crippen LogP contribution in [0.1, 0.15) is 59.8 Å². The van der Waals surface area contributed by atoms with E-state index in [1.165, 1.54) is 0 Å². The molecule has 2 aliphatic rings. The smallest absolute Gasteiger partial charge is 0.224 e. The van der Waals surface area contributed by atoms with Gasteiger partial charge < -0.3 is 20.3 Å². The van der Waals surface area contributed by atoms with Crippen molar-refractivity contribution in [2.45, 2.75) is 65.9 Å². The molecule has 0 radical (unpaired) electrons. The SMILES string of the molecule is CCNC(=NCC1CCCOC1C(C)(C)C)NCCC(=O)N1CCCC1. The molecule has 2 heterocycles. The molecule has 0 spiro atoms. The number of guanidine groups is 1. The van der Waals surface area contributed by atoms with Crippen LogP contribution in [-0.2, 0) is 9.53 Å². The van der Waals surface area contributed by atoms with Crippen molar-refractivity contribution >= 4 is 11.9 Å². The second kappa shape index (κ2) is 10.1. The van der Waals surface area contributed by atoms with Crippen LogP contribution in [0.15, 0.2) is 4.99 Å². The molecular formula is C20H38N4O2. The van der Waals surface area contributed by atoms with Crippen LogP contribution in [0.2, 0.25) is 0 Å². The number of ether oxygens (including phenoxy) is 1. The van der Waals surface area contributed by atoms with Gasteiger partial charge in [-0.1, -0.05) is 20.8 Å². The molecular weight excluding hydrogens is 328 g/mol. The summed E-state index contributed by atoms with van der Waals surface area (Å²) in [5.74, 6) is 1.50. The maximum absolute atomic E-state index is 12.2. The fourth-order valence-electron chi connectivity index (χ4n) is 3.95. The van der Waals surface area contributed by atoms with E-state index < -0.39 is 0 Å². The Morgan fingerprint density at radius 1 is 1.19 bits per heavy atom. The van der Waals surface area contributed by atoms with Crippen LogP contribution in [0, 0.1) is 11.3 Å². The number of carbonyl (C=O) groups excluding carboxylic acids is 1. The Morgan fingerprint density at radius 2 is 1.92 bits per heavy atom. The van der Waals surface area contributed by atoms with Crippen molar-refractivity contribution in [3.63, 3.8) is 0 Å². The van der Waals surface area contributed by atoms with E-state index in [0.717, 1.165) is 64.4 Å². The van der Waals surface area contributed by atoms with Gasteiger partial charge in [-0.15, -0.1) is 0 Å². The predicted octanol–water partition coefficient (Wildman–Crippen LogP) is 2.40. The van der Waals surface area contributed by atoms with E-state index in [0.29, 0.717) is 18.9 Å². The minimum atomic E-state index is 0.133. The lowest BCUT2D eigenvalue weighted by molar-refractivity contribution is -0.129. The number of nitrogens with one attached hydrogen (secondary N) is 2. The van der Waals surface area contributed by atoms with Crippen molar-refractivity contribution in [3.8, 4) is 0 Å². The zero-order chi connectivity index (χ0) is 19.0. The third-order valence-electron chi connectivity index (χ3n) is 5.22. The molecule has 2 fully saturated rings. The molecule has 150 valence electrons. The van der Waals surface area contributed by atoms with E-state index in [-0.39, 0.29) is 17.4 Å². The highest BCUT2D eigenvalue weighted by Crippen LogP contribution is 2.34. The van der Waals surface area contributed by atoms with Crippen LogP contribution < -0.4 is 10.6 Å². The largest absolute Gasteiger partial charge is 0.377 e. The molecule has 1 amide bonds. The first-order valence-corrected chi connectivity index (χ1v) is 10.3. The Balaban J connectivity index is 1.83. The highest BCUT2D eigenvalue weighted by atomic mass is 16.5. The third-order valence-corrected chi connectivity index (χ3v) is 5.22. The molecule has 2 saturated heterocycles. The normalized spacial score (nSPS) is 24.6. The summed E-state index contributed by atoms with van der Waals surface area (Å²) in [5.41, 5.74) is 0.133. The monoisotopic (exact) mass is 366 g/mol. The van der Waals surface area contributed by atoms with Crippen LogP contribution in [0.3, 0.4) is 0 Å². The Morgan fingerprint density at radius 3 is 2.58 bits per heavy atom. The van der Waals surface area contributed by atoms with Gasteiger partial charge in [0, 0.05) is 51.7 Å². The summed E-state index contributed by atoms with van der Waals surface area (Å²) in [4.78, 5) is 18.9. The van der Waals surface area contributed by atoms with Gasteiger partial charge >= 0.3 is 0 Å². The van der Waals surface area contributed by atoms with Crippen molar-refractivity contribution < 1.29 is 9.53 Å². The maximum Gasteiger partial charge on any atom is 0.224 e. The van der Waals surface area contributed by atoms with Crippen LogP contribution in [0.4, 0.5) is 0 Å². The number of rotatable bonds is 6. The quantitative estimate of drug-likeness (QED) is 0.560. The minimum absolute atomic E-state index is 0.133. The summed E-state index contributed by atoms with van der Waals surface area (Å²) in [7, 11) is 0. The van der Waals surface area contributed by atoms with E-state index in [2.05, 4.69) is 38.3 Å². The average Bonchev–Trinajstić information content (AvgIpc) is 3.13. The Kier molecular flexibility index (Phi) is 8.19. The van der Waals surface area contributed by atoms with Crippen molar-refractivity contribution in [1.82, 2.24) is 15.5 Å². The molecule has 2 unspecified atom stereocenters. The minimum Gasteiger partial charge on any atom is -0.377 e. The zero-order valence-electron chi connectivity index (χ0n) is 17.1. The standard InChI is InChI=1S/C20H38N4O2/c1-5-21-19(22-11-10-17(25)24-12-6-7-13-24)23-15-16-9-8-14-26-18(16)20(2,3)4/h16,18H,5-15H2,1-4H3,(H2,21,22,23). The fourth-order valence-corrected chi connectivity index (χ4v) is 3.95. The third kappa shape index (κ3) is 6.45. The van der Waals surface area contributed by atoms with Crippen LogP contribution in [-0.4, -0.2) is 62.2 Å². The lowest BCUT2D eigenvalue weighted by atomic mass is 9.78. The highest BCUT2D eigenvalue weighted by Gasteiger charge is 2.35. The van der Waals surface area contributed by atoms with E-state index in [9.17, 15) is 4.79 Å². The summed E-state index contributed by atoms with van der Waals surface area (Å²) >= 11 is 0. The molecule has 6 heteroatoms. The summed E-state index contributed by atoms with van der Waals surface area (Å²) in [5, 5.41) is 6.61. The van der Waals surface area contributed by atoms with Gasteiger partial charge in [0.2, 0.25) is 5.91 Å². The number of hydrogen-bond acceptors (Lipinski definition) is 3. The number of hydrogen-bond donors (Lipinski definition) is 2. The van der Waals surface area contributed by atoms with E-state index in [1.54, 1.807) is 0 Å². The summed E-state index contributed by atoms with van der Waals surface area (Å²) in [6.07, 6.45) is 5.34. The van der Waals surface area contributed by atoms with Gasteiger partial charge in [0.05, 0.1) is 6.10 Å². The molecule has 2 rings (SSSR count). The van der Waals surface area contributed by atoms with Gasteiger partial charge in [-0.05, 0) is 38.0 Å². The molecule has 6 nitrogen and oxygen atoms in total. The van der Waals surface area contributed by atoms with Gasteiger partial charge in [0.1, 0.15) is 0 Å². The van der Waals surface area contributed by atoms with Gasteiger partial charge in [0.25, 0.3) is 0 Å². The lowest BCUT2D eigenvalue weighted by Gasteiger charge is -2.39. The van der Waals surface area contributed by atoms with Crippen molar-refractivity contribution in [2.24, 2.45) is 16.3 Å². The van der Waals surface area contributed by atoms with Gasteiger partial charge in [-0.3, -0.25) is 9.79 Å². The first-order valence-electron chi connectivity index (χ1n) is 10.3. The first-order chi connectivity index (χ1) is 12.4. The van der Waals surface area contributed by atoms with E-state index in [1.807, 2.05) is 4.90 Å². The van der Waals surface area contributed by atoms with Gasteiger partial charge in [-0.25, -0.2) is 0 Å². The van der Waals surface area contributed by atoms with Crippen molar-refractivity contribution in [1.29, 1.82) is 0 Å². The molecule has 0 saturated carbocycles. The summed E-state index contributed by atoms with van der Waals surface area (Å²) < 4.78 is 6.06. The van der Waals surface area contributed by atoms with Gasteiger partial charge in [-0.2, -0.15) is 0 Å². The molecule has 26 heavy (non-hydrogen) atoms. The Hall–Kier alpha value is -1.30. The van der Waals surface area contributed by atoms with E-state index >= 15 is 0 Å². The van der Waals surface area contributed by atoms with Crippen molar-refractivity contribution in [2.75, 3.05) is 39.3 Å². The first kappa shape index (κ1) is 21.0. The number of amides is 1. The number of nitrogens with zero attached hydrogens (tertiary/aromatic N) is 2. The number of aliphatic imine (C=N–C) groups is 1. The zero-order valence-corrected chi connectivity index (χ0v) is 17.1. The second-order valence-corrected chi connectivity index (χ2v) is 8.54. The maximum atomic E-state index is 12.2.